The van der Waals surface area contributed by atoms with Crippen molar-refractivity contribution in [1.82, 2.24) is 48.9 Å². The minimum atomic E-state index is -1.89. The molecule has 0 amide bonds. The molecule has 7 heterocycles. The normalized spacial score (nSPS) is 16.0. The number of hydrogen-bond donors (Lipinski definition) is 2. The molecule has 0 bridgehead atoms. The van der Waals surface area contributed by atoms with Crippen molar-refractivity contribution in [2.75, 3.05) is 0 Å². The van der Waals surface area contributed by atoms with E-state index in [1.54, 1.807) is 6.20 Å². The average molecular weight is 1390 g/mol. The maximum atomic E-state index is 12.9. The predicted octanol–water partition coefficient (Wildman–Crippen LogP) is 16.9. The van der Waals surface area contributed by atoms with Crippen LogP contribution in [0, 0.1) is 0 Å². The van der Waals surface area contributed by atoms with E-state index in [0.29, 0.717) is 13.2 Å². The molecule has 0 radical (unpaired) electrons. The van der Waals surface area contributed by atoms with Crippen LogP contribution in [0.2, 0.25) is 36.3 Å². The Labute approximate surface area is 565 Å². The molecule has 1 unspecified atom stereocenters. The first-order valence-electron chi connectivity index (χ1n) is 32.2. The third kappa shape index (κ3) is 18.9. The van der Waals surface area contributed by atoms with E-state index in [4.69, 9.17) is 33.1 Å². The number of aromatic nitrogens is 8. The fourth-order valence-electron chi connectivity index (χ4n) is 9.21. The molecule has 1 saturated heterocycles. The Bertz CT molecular complexity index is 3820. The summed E-state index contributed by atoms with van der Waals surface area (Å²) in [5, 5.41) is 11.7. The molecule has 1 aliphatic rings. The fourth-order valence-corrected chi connectivity index (χ4v) is 13.2. The van der Waals surface area contributed by atoms with Crippen LogP contribution in [0.5, 0.6) is 0 Å². The highest BCUT2D eigenvalue weighted by molar-refractivity contribution is 9.10. The van der Waals surface area contributed by atoms with Gasteiger partial charge >= 0.3 is 7.12 Å². The SMILES string of the molecule is CC1(C)OB(c2ccc3cnn(-c4cccc(CO[Si](C)(C)C(C)(C)C)n4)c3c2)OC1(C)C.CCC[C@H](NS(=O)C(C)(C)C)c1ccnc(-c2ccc3cnn(-c4cccc(CO[Si](C)(C)C(C)(C)C)n4)c3c2)c1.CCC[C@H](N[S@](=O)C(C)(C)C)c1ccnc(Br)c1. The van der Waals surface area contributed by atoms with Crippen molar-refractivity contribution >= 4 is 88.9 Å². The highest BCUT2D eigenvalue weighted by Crippen LogP contribution is 2.40. The zero-order chi connectivity index (χ0) is 68.0. The predicted molar refractivity (Wildman–Crippen MR) is 390 cm³/mol. The summed E-state index contributed by atoms with van der Waals surface area (Å²) in [6.07, 6.45) is 11.2. The summed E-state index contributed by atoms with van der Waals surface area (Å²) in [4.78, 5) is 18.6. The molecule has 498 valence electrons. The molecule has 0 aliphatic carbocycles. The summed E-state index contributed by atoms with van der Waals surface area (Å²) in [7, 11) is -6.38. The third-order valence-electron chi connectivity index (χ3n) is 17.9. The minimum Gasteiger partial charge on any atom is -0.411 e. The molecule has 0 spiro atoms. The molecule has 1 fully saturated rings. The Morgan fingerprint density at radius 2 is 1.02 bits per heavy atom. The summed E-state index contributed by atoms with van der Waals surface area (Å²) >= 11 is 3.37. The first-order valence-corrected chi connectivity index (χ1v) is 41.1. The van der Waals surface area contributed by atoms with Gasteiger partial charge in [0.1, 0.15) is 4.60 Å². The molecule has 22 heteroatoms. The lowest BCUT2D eigenvalue weighted by Crippen LogP contribution is -2.41. The van der Waals surface area contributed by atoms with Gasteiger partial charge in [-0.25, -0.2) is 42.2 Å². The first-order chi connectivity index (χ1) is 42.7. The van der Waals surface area contributed by atoms with Crippen molar-refractivity contribution in [3.05, 3.63) is 149 Å². The second-order valence-electron chi connectivity index (χ2n) is 29.9. The molecular weight excluding hydrogens is 1290 g/mol. The van der Waals surface area contributed by atoms with Crippen LogP contribution in [0.3, 0.4) is 0 Å². The largest absolute Gasteiger partial charge is 0.494 e. The first kappa shape index (κ1) is 74.4. The molecule has 4 atom stereocenters. The second-order valence-corrected chi connectivity index (χ2v) is 44.4. The molecule has 2 aromatic carbocycles. The van der Waals surface area contributed by atoms with Gasteiger partial charge < -0.3 is 18.2 Å². The molecule has 1 aliphatic heterocycles. The Hall–Kier alpha value is -4.98. The van der Waals surface area contributed by atoms with Gasteiger partial charge in [-0.3, -0.25) is 4.98 Å². The number of nitrogens with zero attached hydrogens (tertiary/aromatic N) is 8. The topological polar surface area (TPSA) is 182 Å². The zero-order valence-electron chi connectivity index (χ0n) is 58.7. The van der Waals surface area contributed by atoms with Crippen molar-refractivity contribution in [1.29, 1.82) is 0 Å². The van der Waals surface area contributed by atoms with Gasteiger partial charge in [-0.05, 0) is 212 Å². The van der Waals surface area contributed by atoms with Crippen LogP contribution < -0.4 is 14.9 Å². The fraction of sp³-hybridized carbons (Fsp3) is 0.514. The van der Waals surface area contributed by atoms with Crippen LogP contribution in [-0.4, -0.2) is 92.4 Å². The number of hydrogen-bond acceptors (Lipinski definition) is 12. The smallest absolute Gasteiger partial charge is 0.411 e. The van der Waals surface area contributed by atoms with Gasteiger partial charge in [-0.2, -0.15) is 10.2 Å². The van der Waals surface area contributed by atoms with Gasteiger partial charge in [0.25, 0.3) is 0 Å². The van der Waals surface area contributed by atoms with E-state index in [2.05, 4.69) is 186 Å². The maximum absolute atomic E-state index is 12.9. The lowest BCUT2D eigenvalue weighted by Gasteiger charge is -2.36. The summed E-state index contributed by atoms with van der Waals surface area (Å²) in [6.45, 7) is 47.9. The number of benzene rings is 2. The average Bonchev–Trinajstić information content (AvgIpc) is 1.62. The van der Waals surface area contributed by atoms with Crippen LogP contribution in [0.1, 0.15) is 185 Å². The van der Waals surface area contributed by atoms with E-state index in [1.165, 1.54) is 0 Å². The minimum absolute atomic E-state index is 0.0171. The number of nitrogens with one attached hydrogen (secondary N) is 2. The highest BCUT2D eigenvalue weighted by Gasteiger charge is 2.52. The van der Waals surface area contributed by atoms with Gasteiger partial charge in [-0.1, -0.05) is 105 Å². The van der Waals surface area contributed by atoms with Crippen molar-refractivity contribution in [3.8, 4) is 22.9 Å². The molecule has 6 aromatic heterocycles. The van der Waals surface area contributed by atoms with Crippen molar-refractivity contribution in [2.45, 2.75) is 233 Å². The summed E-state index contributed by atoms with van der Waals surface area (Å²) in [5.74, 6) is 1.53. The van der Waals surface area contributed by atoms with E-state index in [0.717, 1.165) is 103 Å². The molecule has 0 saturated carbocycles. The lowest BCUT2D eigenvalue weighted by atomic mass is 9.79. The molecule has 2 N–H and O–H groups in total. The zero-order valence-corrected chi connectivity index (χ0v) is 64.0. The second kappa shape index (κ2) is 30.0. The maximum Gasteiger partial charge on any atom is 0.494 e. The lowest BCUT2D eigenvalue weighted by molar-refractivity contribution is 0.00578. The van der Waals surface area contributed by atoms with Gasteiger partial charge in [0.15, 0.2) is 28.3 Å². The van der Waals surface area contributed by atoms with Gasteiger partial charge in [0.05, 0.1) is 96.4 Å². The standard InChI is InChI=1S/C32H45N5O2SSi.C25H36BN3O3Si.C13H21BrN2OS/c1-10-12-27(36-40(38)31(2,3)4)24-17-18-33-28(19-24)23-15-16-25-21-34-37(29(25)20-23)30-14-11-13-26(35-30)22-39-41(8,9)32(5,6)7;1-23(2,3)33(8,9)30-17-20-11-10-12-22(28-20)29-21-15-19(14-13-18(21)16-27-29)26-31-24(4,5)25(6,7)32-26;1-5-6-11(16-18(17)13(2,3)4)10-7-8-15-12(14)9-10/h11,13-21,27,36H,10,12,22H2,1-9H3;10-16H,17H2,1-9H3;7-9,11,16H,5-6H2,1-4H3/t27-,40?;;11-,18+/m0.0/s1. The van der Waals surface area contributed by atoms with E-state index < -0.39 is 45.7 Å². The Kier molecular flexibility index (Phi) is 24.2. The summed E-state index contributed by atoms with van der Waals surface area (Å²) in [5.41, 5.74) is 8.00. The van der Waals surface area contributed by atoms with Gasteiger partial charge in [0.2, 0.25) is 0 Å². The van der Waals surface area contributed by atoms with E-state index in [1.807, 2.05) is 130 Å². The van der Waals surface area contributed by atoms with Crippen LogP contribution in [0.25, 0.3) is 44.7 Å². The van der Waals surface area contributed by atoms with E-state index >= 15 is 0 Å². The number of fused-ring (bicyclic) bond motifs is 2. The van der Waals surface area contributed by atoms with E-state index in [-0.39, 0.29) is 42.9 Å². The third-order valence-corrected chi connectivity index (χ3v) is 30.5. The summed E-state index contributed by atoms with van der Waals surface area (Å²) in [6, 6.07) is 32.6. The number of pyridine rings is 4. The number of halogens is 1. The molecule has 8 aromatic rings. The molecule has 9 rings (SSSR count). The Morgan fingerprint density at radius 3 is 1.46 bits per heavy atom. The van der Waals surface area contributed by atoms with Gasteiger partial charge in [0, 0.05) is 40.8 Å². The molecule has 92 heavy (non-hydrogen) atoms. The van der Waals surface area contributed by atoms with Crippen LogP contribution in [-0.2, 0) is 53.3 Å². The van der Waals surface area contributed by atoms with Crippen LogP contribution in [0.4, 0.5) is 0 Å². The molecule has 16 nitrogen and oxygen atoms in total. The van der Waals surface area contributed by atoms with Gasteiger partial charge in [-0.15, -0.1) is 0 Å². The van der Waals surface area contributed by atoms with Crippen molar-refractivity contribution in [2.24, 2.45) is 0 Å². The van der Waals surface area contributed by atoms with Crippen molar-refractivity contribution in [3.63, 3.8) is 0 Å². The van der Waals surface area contributed by atoms with Crippen molar-refractivity contribution < 1.29 is 26.6 Å². The Balaban J connectivity index is 0.000000210. The summed E-state index contributed by atoms with van der Waals surface area (Å²) < 4.78 is 60.9. The van der Waals surface area contributed by atoms with Crippen LogP contribution >= 0.6 is 15.9 Å². The van der Waals surface area contributed by atoms with E-state index in [9.17, 15) is 8.42 Å². The van der Waals surface area contributed by atoms with Crippen LogP contribution in [0.15, 0.2) is 126 Å². The Morgan fingerprint density at radius 1 is 0.587 bits per heavy atom. The number of rotatable bonds is 20. The highest BCUT2D eigenvalue weighted by atomic mass is 79.9. The molecular formula is C70H102BBrN10O6S2Si2. The quantitative estimate of drug-likeness (QED) is 0.0545. The monoisotopic (exact) mass is 1390 g/mol.